The first-order valence-electron chi connectivity index (χ1n) is 12.9. The van der Waals surface area contributed by atoms with Crippen LogP contribution in [0.2, 0.25) is 0 Å². The lowest BCUT2D eigenvalue weighted by molar-refractivity contribution is -0.166. The smallest absolute Gasteiger partial charge is 0.272 e. The van der Waals surface area contributed by atoms with E-state index in [2.05, 4.69) is 8.57 Å². The molecular formula is C26H16F6N2O10S2. The van der Waals surface area contributed by atoms with Gasteiger partial charge in [0.1, 0.15) is 0 Å². The van der Waals surface area contributed by atoms with Gasteiger partial charge in [-0.05, 0) is 36.4 Å². The molecule has 0 spiro atoms. The molecule has 2 saturated heterocycles. The monoisotopic (exact) mass is 694 g/mol. The molecule has 0 N–H and O–H groups in total. The molecule has 4 amide bonds. The van der Waals surface area contributed by atoms with Gasteiger partial charge in [0.05, 0.1) is 44.6 Å². The second-order valence-corrected chi connectivity index (χ2v) is 13.8. The van der Waals surface area contributed by atoms with Crippen LogP contribution in [-0.2, 0) is 60.3 Å². The van der Waals surface area contributed by atoms with Crippen LogP contribution in [0.15, 0.2) is 70.5 Å². The molecule has 2 aromatic carbocycles. The first-order valence-corrected chi connectivity index (χ1v) is 15.7. The summed E-state index contributed by atoms with van der Waals surface area (Å²) in [5.41, 5.74) is -2.72. The molecule has 0 aromatic heterocycles. The minimum Gasteiger partial charge on any atom is -0.272 e. The van der Waals surface area contributed by atoms with Gasteiger partial charge in [0.15, 0.2) is 0 Å². The Morgan fingerprint density at radius 1 is 0.543 bits per heavy atom. The molecule has 244 valence electrons. The van der Waals surface area contributed by atoms with Crippen molar-refractivity contribution in [3.8, 4) is 0 Å². The Hall–Kier alpha value is -4.14. The first-order chi connectivity index (χ1) is 21.2. The number of rotatable bonds is 6. The molecule has 2 bridgehead atoms. The fraction of sp³-hybridized carbons (Fsp3) is 0.308. The lowest BCUT2D eigenvalue weighted by Crippen LogP contribution is -2.50. The SMILES string of the molecule is O=C1C2C3C=CC(C2C(=O)N1OS(=O)(=O)c1cccc(C(F)(F)F)c1)C1C(=O)N(OS(=O)(=O)c2cccc(C(F)(F)F)c2)C(=O)C31. The Labute approximate surface area is 254 Å². The van der Waals surface area contributed by atoms with Crippen molar-refractivity contribution in [2.45, 2.75) is 22.1 Å². The van der Waals surface area contributed by atoms with Crippen LogP contribution in [0.4, 0.5) is 26.3 Å². The van der Waals surface area contributed by atoms with Gasteiger partial charge in [0.2, 0.25) is 0 Å². The molecule has 4 unspecified atom stereocenters. The molecule has 3 fully saturated rings. The second-order valence-electron chi connectivity index (χ2n) is 10.7. The average Bonchev–Trinajstić information content (AvgIpc) is 3.39. The Morgan fingerprint density at radius 2 is 0.848 bits per heavy atom. The zero-order valence-corrected chi connectivity index (χ0v) is 23.9. The number of amides is 4. The molecule has 0 radical (unpaired) electrons. The van der Waals surface area contributed by atoms with Crippen LogP contribution in [0.1, 0.15) is 11.1 Å². The largest absolute Gasteiger partial charge is 0.416 e. The minimum absolute atomic E-state index is 0.152. The molecule has 20 heteroatoms. The molecule has 5 aliphatic rings. The van der Waals surface area contributed by atoms with E-state index in [0.717, 1.165) is 24.3 Å². The molecule has 46 heavy (non-hydrogen) atoms. The lowest BCUT2D eigenvalue weighted by Gasteiger charge is -2.44. The number of nitrogens with zero attached hydrogens (tertiary/aromatic N) is 2. The molecule has 12 nitrogen and oxygen atoms in total. The van der Waals surface area contributed by atoms with Crippen molar-refractivity contribution in [3.05, 3.63) is 71.8 Å². The zero-order valence-electron chi connectivity index (χ0n) is 22.3. The predicted octanol–water partition coefficient (Wildman–Crippen LogP) is 2.68. The second kappa shape index (κ2) is 10.2. The number of alkyl halides is 6. The molecular weight excluding hydrogens is 678 g/mol. The van der Waals surface area contributed by atoms with Crippen LogP contribution < -0.4 is 0 Å². The van der Waals surface area contributed by atoms with Crippen LogP contribution in [-0.4, -0.2) is 50.6 Å². The van der Waals surface area contributed by atoms with Crippen molar-refractivity contribution in [2.75, 3.05) is 0 Å². The summed E-state index contributed by atoms with van der Waals surface area (Å²) >= 11 is 0. The summed E-state index contributed by atoms with van der Waals surface area (Å²) in [7, 11) is -10.4. The number of allylic oxidation sites excluding steroid dienone is 2. The fourth-order valence-electron chi connectivity index (χ4n) is 6.26. The highest BCUT2D eigenvalue weighted by atomic mass is 32.2. The molecule has 3 aliphatic carbocycles. The molecule has 1 saturated carbocycles. The van der Waals surface area contributed by atoms with Crippen molar-refractivity contribution >= 4 is 43.9 Å². The summed E-state index contributed by atoms with van der Waals surface area (Å²) in [4.78, 5) is 51.3. The maximum atomic E-state index is 13.3. The number of benzene rings is 2. The van der Waals surface area contributed by atoms with Crippen LogP contribution in [0.25, 0.3) is 0 Å². The van der Waals surface area contributed by atoms with Gasteiger partial charge in [-0.2, -0.15) is 43.2 Å². The number of halogens is 6. The van der Waals surface area contributed by atoms with E-state index in [1.54, 1.807) is 0 Å². The van der Waals surface area contributed by atoms with E-state index in [1.165, 1.54) is 12.2 Å². The topological polar surface area (TPSA) is 161 Å². The number of carbonyl (C=O) groups is 4. The van der Waals surface area contributed by atoms with Crippen LogP contribution in [0.3, 0.4) is 0 Å². The number of carbonyl (C=O) groups excluding carboxylic acids is 4. The highest BCUT2D eigenvalue weighted by Crippen LogP contribution is 2.58. The minimum atomic E-state index is -5.19. The third kappa shape index (κ3) is 4.90. The summed E-state index contributed by atoms with van der Waals surface area (Å²) in [5, 5.41) is -0.305. The van der Waals surface area contributed by atoms with E-state index >= 15 is 0 Å². The maximum absolute atomic E-state index is 13.3. The molecule has 2 heterocycles. The molecule has 7 rings (SSSR count). The van der Waals surface area contributed by atoms with Gasteiger partial charge >= 0.3 is 32.6 Å². The van der Waals surface area contributed by atoms with Gasteiger partial charge in [-0.25, -0.2) is 0 Å². The molecule has 2 aromatic rings. The van der Waals surface area contributed by atoms with Gasteiger partial charge < -0.3 is 0 Å². The highest BCUT2D eigenvalue weighted by molar-refractivity contribution is 7.87. The third-order valence-corrected chi connectivity index (χ3v) is 10.5. The van der Waals surface area contributed by atoms with Crippen molar-refractivity contribution < 1.29 is 70.9 Å². The van der Waals surface area contributed by atoms with E-state index in [0.29, 0.717) is 12.1 Å². The van der Waals surface area contributed by atoms with E-state index in [-0.39, 0.29) is 22.3 Å². The van der Waals surface area contributed by atoms with E-state index in [4.69, 9.17) is 0 Å². The average molecular weight is 695 g/mol. The van der Waals surface area contributed by atoms with E-state index in [1.807, 2.05) is 0 Å². The number of imide groups is 2. The van der Waals surface area contributed by atoms with E-state index in [9.17, 15) is 62.4 Å². The summed E-state index contributed by atoms with van der Waals surface area (Å²) in [6.45, 7) is 0. The van der Waals surface area contributed by atoms with Crippen molar-refractivity contribution in [1.82, 2.24) is 10.1 Å². The standard InChI is InChI=1S/C26H16F6N2O10S2/c27-25(28,29)11-3-1-5-13(9-11)45(39,40)43-33-21(35)17-15-7-8-16(18(17)22(33)36)20-19(15)23(37)34(24(20)38)44-46(41,42)14-6-2-4-12(10-14)26(30,31)32/h1-10,15-20H. The van der Waals surface area contributed by atoms with Crippen LogP contribution in [0.5, 0.6) is 0 Å². The summed E-state index contributed by atoms with van der Waals surface area (Å²) < 4.78 is 139. The first kappa shape index (κ1) is 31.8. The lowest BCUT2D eigenvalue weighted by atomic mass is 9.54. The third-order valence-electron chi connectivity index (χ3n) is 8.17. The van der Waals surface area contributed by atoms with Gasteiger partial charge in [0, 0.05) is 11.8 Å². The quantitative estimate of drug-likeness (QED) is 0.250. The predicted molar refractivity (Wildman–Crippen MR) is 133 cm³/mol. The Bertz CT molecular complexity index is 1780. The van der Waals surface area contributed by atoms with Crippen LogP contribution >= 0.6 is 0 Å². The van der Waals surface area contributed by atoms with Crippen molar-refractivity contribution in [3.63, 3.8) is 0 Å². The molecule has 2 aliphatic heterocycles. The fourth-order valence-corrected chi connectivity index (χ4v) is 8.15. The number of hydroxylamine groups is 4. The van der Waals surface area contributed by atoms with Crippen molar-refractivity contribution in [1.29, 1.82) is 0 Å². The summed E-state index contributed by atoms with van der Waals surface area (Å²) in [6.07, 6.45) is -7.30. The Kier molecular flexibility index (Phi) is 7.04. The normalized spacial score (nSPS) is 27.9. The number of hydrogen-bond donors (Lipinski definition) is 0. The van der Waals surface area contributed by atoms with E-state index < -0.39 is 113 Å². The Balaban J connectivity index is 1.26. The zero-order chi connectivity index (χ0) is 33.7. The van der Waals surface area contributed by atoms with Gasteiger partial charge in [-0.15, -0.1) is 18.7 Å². The van der Waals surface area contributed by atoms with Crippen LogP contribution in [0, 0.1) is 35.5 Å². The number of hydrogen-bond acceptors (Lipinski definition) is 10. The van der Waals surface area contributed by atoms with Crippen molar-refractivity contribution in [2.24, 2.45) is 35.5 Å². The summed E-state index contributed by atoms with van der Waals surface area (Å²) in [5.74, 6) is -13.8. The Morgan fingerprint density at radius 3 is 1.13 bits per heavy atom. The molecule has 4 atom stereocenters. The van der Waals surface area contributed by atoms with Gasteiger partial charge in [0.25, 0.3) is 23.6 Å². The summed E-state index contributed by atoms with van der Waals surface area (Å²) in [6, 6.07) is 4.59. The maximum Gasteiger partial charge on any atom is 0.416 e. The highest BCUT2D eigenvalue weighted by Gasteiger charge is 2.70. The van der Waals surface area contributed by atoms with Gasteiger partial charge in [-0.1, -0.05) is 24.3 Å². The van der Waals surface area contributed by atoms with Gasteiger partial charge in [-0.3, -0.25) is 19.2 Å².